The first kappa shape index (κ1) is 21.5. The summed E-state index contributed by atoms with van der Waals surface area (Å²) in [5.74, 6) is -1.27. The summed E-state index contributed by atoms with van der Waals surface area (Å²) in [6.45, 7) is 4.61. The maximum absolute atomic E-state index is 14.5. The average Bonchev–Trinajstić information content (AvgIpc) is 3.59. The number of hydrogen-bond donors (Lipinski definition) is 2. The van der Waals surface area contributed by atoms with Gasteiger partial charge in [-0.2, -0.15) is 0 Å². The maximum atomic E-state index is 14.5. The van der Waals surface area contributed by atoms with Crippen LogP contribution < -0.4 is 10.6 Å². The van der Waals surface area contributed by atoms with E-state index in [4.69, 9.17) is 0 Å². The van der Waals surface area contributed by atoms with Crippen LogP contribution in [0.1, 0.15) is 45.5 Å². The Hall–Kier alpha value is -3.77. The molecule has 3 aromatic rings. The van der Waals surface area contributed by atoms with Crippen LogP contribution in [0, 0.1) is 19.8 Å². The number of ketones is 1. The first-order valence-electron chi connectivity index (χ1n) is 12.6. The summed E-state index contributed by atoms with van der Waals surface area (Å²) in [6.07, 6.45) is 1.63. The Kier molecular flexibility index (Phi) is 4.26. The highest BCUT2D eigenvalue weighted by Gasteiger charge is 2.81. The van der Waals surface area contributed by atoms with Crippen LogP contribution in [0.15, 0.2) is 66.7 Å². The molecule has 6 heteroatoms. The lowest BCUT2D eigenvalue weighted by molar-refractivity contribution is -0.137. The summed E-state index contributed by atoms with van der Waals surface area (Å²) in [5.41, 5.74) is 2.86. The van der Waals surface area contributed by atoms with E-state index in [2.05, 4.69) is 15.5 Å². The standard InChI is InChI=1S/C30H27N3O3/c1-17-12-14-19(15-13-17)26(34)24-23-11-6-16-33(23)30(21-9-5-7-18(2)25(21)32-28(30)36)29(24)20-8-3-4-10-22(20)31-27(29)35/h3-5,7-10,12-15,23-24H,6,11,16H2,1-2H3,(H,31,35)(H,32,36)/t23-,24-,29+,30-/m0/s1. The zero-order valence-corrected chi connectivity index (χ0v) is 20.3. The number of rotatable bonds is 2. The number of benzene rings is 3. The van der Waals surface area contributed by atoms with Gasteiger partial charge in [-0.05, 0) is 50.4 Å². The average molecular weight is 478 g/mol. The number of carbonyl (C=O) groups excluding carboxylic acids is 3. The van der Waals surface area contributed by atoms with E-state index in [0.29, 0.717) is 17.8 Å². The number of para-hydroxylation sites is 2. The molecule has 0 bridgehead atoms. The molecule has 2 amide bonds. The van der Waals surface area contributed by atoms with E-state index in [-0.39, 0.29) is 23.6 Å². The predicted octanol–water partition coefficient (Wildman–Crippen LogP) is 4.32. The lowest BCUT2D eigenvalue weighted by Crippen LogP contribution is -2.62. The van der Waals surface area contributed by atoms with Crippen LogP contribution in [-0.2, 0) is 20.5 Å². The zero-order valence-electron chi connectivity index (χ0n) is 20.3. The third kappa shape index (κ3) is 2.29. The summed E-state index contributed by atoms with van der Waals surface area (Å²) in [4.78, 5) is 45.5. The van der Waals surface area contributed by atoms with Crippen LogP contribution in [-0.4, -0.2) is 35.1 Å². The Morgan fingerprint density at radius 3 is 2.44 bits per heavy atom. The molecule has 0 aliphatic carbocycles. The van der Waals surface area contributed by atoms with Gasteiger partial charge >= 0.3 is 0 Å². The minimum absolute atomic E-state index is 0.0791. The van der Waals surface area contributed by atoms with E-state index in [1.165, 1.54) is 0 Å². The van der Waals surface area contributed by atoms with Crippen molar-refractivity contribution in [2.45, 2.75) is 43.7 Å². The molecule has 7 rings (SSSR count). The monoisotopic (exact) mass is 477 g/mol. The van der Waals surface area contributed by atoms with Crippen LogP contribution in [0.4, 0.5) is 11.4 Å². The molecular formula is C30H27N3O3. The van der Waals surface area contributed by atoms with Gasteiger partial charge in [-0.1, -0.05) is 66.2 Å². The Labute approximate surface area is 209 Å². The van der Waals surface area contributed by atoms with Crippen molar-refractivity contribution in [3.63, 3.8) is 0 Å². The van der Waals surface area contributed by atoms with Gasteiger partial charge in [-0.25, -0.2) is 0 Å². The highest BCUT2D eigenvalue weighted by Crippen LogP contribution is 2.68. The quantitative estimate of drug-likeness (QED) is 0.539. The van der Waals surface area contributed by atoms with Gasteiger partial charge in [0, 0.05) is 28.5 Å². The first-order valence-corrected chi connectivity index (χ1v) is 12.6. The van der Waals surface area contributed by atoms with Gasteiger partial charge in [0.2, 0.25) is 5.91 Å². The van der Waals surface area contributed by atoms with E-state index >= 15 is 0 Å². The number of amides is 2. The molecule has 2 saturated heterocycles. The third-order valence-corrected chi connectivity index (χ3v) is 8.96. The summed E-state index contributed by atoms with van der Waals surface area (Å²) in [7, 11) is 0. The molecule has 2 spiro atoms. The van der Waals surface area contributed by atoms with E-state index < -0.39 is 16.9 Å². The fourth-order valence-corrected chi connectivity index (χ4v) is 7.65. The summed E-state index contributed by atoms with van der Waals surface area (Å²) >= 11 is 0. The Morgan fingerprint density at radius 2 is 1.64 bits per heavy atom. The summed E-state index contributed by atoms with van der Waals surface area (Å²) in [6, 6.07) is 20.8. The molecule has 3 aromatic carbocycles. The SMILES string of the molecule is Cc1ccc(C(=O)[C@@H]2[C@@H]3CCCN3[C@@]3(C(=O)Nc4c(C)cccc43)[C@@]23C(=O)Nc2ccccc23)cc1. The highest BCUT2D eigenvalue weighted by atomic mass is 16.2. The molecule has 2 N–H and O–H groups in total. The number of carbonyl (C=O) groups is 3. The molecule has 4 aliphatic rings. The van der Waals surface area contributed by atoms with Gasteiger partial charge in [-0.15, -0.1) is 0 Å². The van der Waals surface area contributed by atoms with Crippen LogP contribution in [0.5, 0.6) is 0 Å². The molecule has 2 fully saturated rings. The molecule has 0 radical (unpaired) electrons. The number of hydrogen-bond acceptors (Lipinski definition) is 4. The molecule has 36 heavy (non-hydrogen) atoms. The summed E-state index contributed by atoms with van der Waals surface area (Å²) in [5, 5.41) is 6.23. The van der Waals surface area contributed by atoms with Crippen LogP contribution in [0.2, 0.25) is 0 Å². The van der Waals surface area contributed by atoms with Crippen LogP contribution >= 0.6 is 0 Å². The van der Waals surface area contributed by atoms with E-state index in [0.717, 1.165) is 40.8 Å². The molecular weight excluding hydrogens is 450 g/mol. The zero-order chi connectivity index (χ0) is 24.8. The lowest BCUT2D eigenvalue weighted by Gasteiger charge is -2.43. The minimum atomic E-state index is -1.39. The number of Topliss-reactive ketones (excluding diaryl/α,β-unsaturated/α-hetero) is 1. The predicted molar refractivity (Wildman–Crippen MR) is 137 cm³/mol. The molecule has 4 heterocycles. The first-order chi connectivity index (χ1) is 17.4. The fraction of sp³-hybridized carbons (Fsp3) is 0.300. The Morgan fingerprint density at radius 1 is 0.889 bits per heavy atom. The van der Waals surface area contributed by atoms with Crippen molar-refractivity contribution in [3.05, 3.63) is 94.5 Å². The van der Waals surface area contributed by atoms with Crippen molar-refractivity contribution >= 4 is 29.0 Å². The third-order valence-electron chi connectivity index (χ3n) is 8.96. The number of aryl methyl sites for hydroxylation is 2. The molecule has 4 atom stereocenters. The van der Waals surface area contributed by atoms with Gasteiger partial charge in [0.15, 0.2) is 5.78 Å². The van der Waals surface area contributed by atoms with Crippen LogP contribution in [0.3, 0.4) is 0 Å². The van der Waals surface area contributed by atoms with Crippen LogP contribution in [0.25, 0.3) is 0 Å². The molecule has 0 saturated carbocycles. The van der Waals surface area contributed by atoms with E-state index in [1.807, 2.05) is 80.6 Å². The molecule has 0 aromatic heterocycles. The second-order valence-electron chi connectivity index (χ2n) is 10.6. The largest absolute Gasteiger partial charge is 0.325 e. The van der Waals surface area contributed by atoms with Crippen molar-refractivity contribution in [1.82, 2.24) is 4.90 Å². The molecule has 6 nitrogen and oxygen atoms in total. The van der Waals surface area contributed by atoms with Crippen molar-refractivity contribution in [3.8, 4) is 0 Å². The number of fused-ring (bicyclic) bond motifs is 7. The van der Waals surface area contributed by atoms with E-state index in [9.17, 15) is 14.4 Å². The Balaban J connectivity index is 1.59. The van der Waals surface area contributed by atoms with Crippen molar-refractivity contribution in [1.29, 1.82) is 0 Å². The molecule has 4 aliphatic heterocycles. The van der Waals surface area contributed by atoms with Gasteiger partial charge in [-0.3, -0.25) is 19.3 Å². The fourth-order valence-electron chi connectivity index (χ4n) is 7.65. The molecule has 0 unspecified atom stereocenters. The highest BCUT2D eigenvalue weighted by molar-refractivity contribution is 6.21. The van der Waals surface area contributed by atoms with Gasteiger partial charge in [0.05, 0.1) is 5.92 Å². The van der Waals surface area contributed by atoms with Gasteiger partial charge in [0.25, 0.3) is 5.91 Å². The maximum Gasteiger partial charge on any atom is 0.251 e. The van der Waals surface area contributed by atoms with E-state index in [1.54, 1.807) is 0 Å². The summed E-state index contributed by atoms with van der Waals surface area (Å²) < 4.78 is 0. The number of nitrogens with zero attached hydrogens (tertiary/aromatic N) is 1. The van der Waals surface area contributed by atoms with Crippen molar-refractivity contribution in [2.75, 3.05) is 17.2 Å². The second kappa shape index (κ2) is 7.14. The van der Waals surface area contributed by atoms with Crippen molar-refractivity contribution < 1.29 is 14.4 Å². The van der Waals surface area contributed by atoms with Gasteiger partial charge in [0.1, 0.15) is 11.0 Å². The Bertz CT molecular complexity index is 1480. The topological polar surface area (TPSA) is 78.5 Å². The minimum Gasteiger partial charge on any atom is -0.325 e. The lowest BCUT2D eigenvalue weighted by atomic mass is 9.57. The molecule has 180 valence electrons. The smallest absolute Gasteiger partial charge is 0.251 e. The normalized spacial score (nSPS) is 29.8. The number of nitrogens with one attached hydrogen (secondary N) is 2. The number of anilines is 2. The second-order valence-corrected chi connectivity index (χ2v) is 10.6. The van der Waals surface area contributed by atoms with Gasteiger partial charge < -0.3 is 10.6 Å². The van der Waals surface area contributed by atoms with Crippen molar-refractivity contribution in [2.24, 2.45) is 5.92 Å².